The Balaban J connectivity index is 1.86. The minimum absolute atomic E-state index is 0.155. The number of ketones is 1. The maximum absolute atomic E-state index is 12.7. The van der Waals surface area contributed by atoms with Gasteiger partial charge in [-0.1, -0.05) is 12.1 Å². The van der Waals surface area contributed by atoms with Gasteiger partial charge in [0, 0.05) is 31.8 Å². The molecule has 0 radical (unpaired) electrons. The van der Waals surface area contributed by atoms with Gasteiger partial charge < -0.3 is 0 Å². The number of aryl methyl sites for hydroxylation is 2. The molecule has 2 rings (SSSR count). The first-order valence-electron chi connectivity index (χ1n) is 5.88. The van der Waals surface area contributed by atoms with Gasteiger partial charge in [0.15, 0.2) is 0 Å². The number of hydrogen-bond donors (Lipinski definition) is 0. The third-order valence-electron chi connectivity index (χ3n) is 2.90. The second-order valence-corrected chi connectivity index (χ2v) is 4.29. The Kier molecular flexibility index (Phi) is 3.87. The van der Waals surface area contributed by atoms with Crippen molar-refractivity contribution in [2.24, 2.45) is 7.05 Å². The molecular weight excluding hydrogens is 231 g/mol. The number of carbonyl (C=O) groups excluding carboxylic acids is 1. The lowest BCUT2D eigenvalue weighted by Gasteiger charge is -2.02. The van der Waals surface area contributed by atoms with E-state index in [4.69, 9.17) is 0 Å². The zero-order valence-electron chi connectivity index (χ0n) is 10.3. The summed E-state index contributed by atoms with van der Waals surface area (Å²) in [6.07, 6.45) is 3.26. The first kappa shape index (κ1) is 12.5. The molecule has 0 amide bonds. The SMILES string of the molecule is Cn1nccc1CCC(=O)Cc1ccc(F)cc1. The summed E-state index contributed by atoms with van der Waals surface area (Å²) in [5.74, 6) is -0.121. The lowest BCUT2D eigenvalue weighted by molar-refractivity contribution is -0.118. The highest BCUT2D eigenvalue weighted by Gasteiger charge is 2.06. The van der Waals surface area contributed by atoms with Crippen molar-refractivity contribution in [2.75, 3.05) is 0 Å². The van der Waals surface area contributed by atoms with Gasteiger partial charge in [0.25, 0.3) is 0 Å². The Morgan fingerprint density at radius 2 is 2.00 bits per heavy atom. The van der Waals surface area contributed by atoms with E-state index in [0.717, 1.165) is 11.3 Å². The smallest absolute Gasteiger partial charge is 0.137 e. The number of hydrogen-bond acceptors (Lipinski definition) is 2. The normalized spacial score (nSPS) is 10.6. The molecule has 0 aliphatic heterocycles. The van der Waals surface area contributed by atoms with Gasteiger partial charge in [0.05, 0.1) is 0 Å². The number of nitrogens with zero attached hydrogens (tertiary/aromatic N) is 2. The van der Waals surface area contributed by atoms with E-state index in [1.54, 1.807) is 23.0 Å². The molecule has 0 N–H and O–H groups in total. The molecule has 1 aromatic heterocycles. The molecule has 4 heteroatoms. The highest BCUT2D eigenvalue weighted by atomic mass is 19.1. The average molecular weight is 246 g/mol. The molecule has 0 saturated heterocycles. The Bertz CT molecular complexity index is 531. The molecule has 0 spiro atoms. The van der Waals surface area contributed by atoms with Crippen LogP contribution in [-0.2, 0) is 24.7 Å². The third-order valence-corrected chi connectivity index (χ3v) is 2.90. The first-order valence-corrected chi connectivity index (χ1v) is 5.88. The van der Waals surface area contributed by atoms with Crippen LogP contribution in [0.3, 0.4) is 0 Å². The highest BCUT2D eigenvalue weighted by molar-refractivity contribution is 5.81. The molecule has 0 bridgehead atoms. The van der Waals surface area contributed by atoms with Gasteiger partial charge in [-0.3, -0.25) is 9.48 Å². The largest absolute Gasteiger partial charge is 0.299 e. The molecule has 3 nitrogen and oxygen atoms in total. The Hall–Kier alpha value is -1.97. The van der Waals surface area contributed by atoms with Crippen molar-refractivity contribution in [3.05, 3.63) is 53.6 Å². The van der Waals surface area contributed by atoms with E-state index in [1.807, 2.05) is 13.1 Å². The average Bonchev–Trinajstić information content (AvgIpc) is 2.75. The predicted molar refractivity (Wildman–Crippen MR) is 66.6 cm³/mol. The van der Waals surface area contributed by atoms with Crippen molar-refractivity contribution in [3.63, 3.8) is 0 Å². The fourth-order valence-electron chi connectivity index (χ4n) is 1.83. The van der Waals surface area contributed by atoms with Gasteiger partial charge >= 0.3 is 0 Å². The van der Waals surface area contributed by atoms with Crippen LogP contribution in [-0.4, -0.2) is 15.6 Å². The van der Waals surface area contributed by atoms with Crippen molar-refractivity contribution in [1.82, 2.24) is 9.78 Å². The van der Waals surface area contributed by atoms with Gasteiger partial charge in [-0.15, -0.1) is 0 Å². The quantitative estimate of drug-likeness (QED) is 0.811. The lowest BCUT2D eigenvalue weighted by atomic mass is 10.0. The number of rotatable bonds is 5. The second-order valence-electron chi connectivity index (χ2n) is 4.29. The molecule has 94 valence electrons. The van der Waals surface area contributed by atoms with Crippen LogP contribution in [0, 0.1) is 5.82 Å². The van der Waals surface area contributed by atoms with Crippen molar-refractivity contribution in [2.45, 2.75) is 19.3 Å². The van der Waals surface area contributed by atoms with Crippen molar-refractivity contribution in [1.29, 1.82) is 0 Å². The van der Waals surface area contributed by atoms with Gasteiger partial charge in [0.1, 0.15) is 11.6 Å². The first-order chi connectivity index (χ1) is 8.65. The molecule has 1 heterocycles. The monoisotopic (exact) mass is 246 g/mol. The van der Waals surface area contributed by atoms with E-state index in [1.165, 1.54) is 12.1 Å². The zero-order valence-corrected chi connectivity index (χ0v) is 10.3. The summed E-state index contributed by atoms with van der Waals surface area (Å²) in [5.41, 5.74) is 1.90. The summed E-state index contributed by atoms with van der Waals surface area (Å²) in [4.78, 5) is 11.8. The molecule has 0 aliphatic rings. The number of carbonyl (C=O) groups is 1. The standard InChI is InChI=1S/C14H15FN2O/c1-17-13(8-9-16-17)6-7-14(18)10-11-2-4-12(15)5-3-11/h2-5,8-9H,6-7,10H2,1H3. The fraction of sp³-hybridized carbons (Fsp3) is 0.286. The molecule has 18 heavy (non-hydrogen) atoms. The maximum atomic E-state index is 12.7. The number of aromatic nitrogens is 2. The van der Waals surface area contributed by atoms with E-state index < -0.39 is 0 Å². The number of Topliss-reactive ketones (excluding diaryl/α,β-unsaturated/α-hetero) is 1. The predicted octanol–water partition coefficient (Wildman–Crippen LogP) is 2.30. The minimum Gasteiger partial charge on any atom is -0.299 e. The molecule has 0 saturated carbocycles. The van der Waals surface area contributed by atoms with Gasteiger partial charge in [-0.05, 0) is 30.2 Å². The zero-order chi connectivity index (χ0) is 13.0. The van der Waals surface area contributed by atoms with Gasteiger partial charge in [0.2, 0.25) is 0 Å². The summed E-state index contributed by atoms with van der Waals surface area (Å²) in [6.45, 7) is 0. The lowest BCUT2D eigenvalue weighted by Crippen LogP contribution is -2.06. The van der Waals surface area contributed by atoms with Crippen LogP contribution in [0.2, 0.25) is 0 Å². The Morgan fingerprint density at radius 3 is 2.61 bits per heavy atom. The topological polar surface area (TPSA) is 34.9 Å². The fourth-order valence-corrected chi connectivity index (χ4v) is 1.83. The Labute approximate surface area is 105 Å². The van der Waals surface area contributed by atoms with Crippen LogP contribution >= 0.6 is 0 Å². The highest BCUT2D eigenvalue weighted by Crippen LogP contribution is 2.07. The molecule has 0 unspecified atom stereocenters. The Morgan fingerprint density at radius 1 is 1.28 bits per heavy atom. The summed E-state index contributed by atoms with van der Waals surface area (Å²) < 4.78 is 14.5. The summed E-state index contributed by atoms with van der Waals surface area (Å²) in [6, 6.07) is 7.97. The molecule has 0 atom stereocenters. The summed E-state index contributed by atoms with van der Waals surface area (Å²) >= 11 is 0. The molecule has 0 aliphatic carbocycles. The third kappa shape index (κ3) is 3.26. The van der Waals surface area contributed by atoms with E-state index >= 15 is 0 Å². The van der Waals surface area contributed by atoms with E-state index in [-0.39, 0.29) is 11.6 Å². The minimum atomic E-state index is -0.277. The second kappa shape index (κ2) is 5.58. The molecular formula is C14H15FN2O. The van der Waals surface area contributed by atoms with E-state index in [9.17, 15) is 9.18 Å². The molecule has 2 aromatic rings. The van der Waals surface area contributed by atoms with E-state index in [2.05, 4.69) is 5.10 Å². The van der Waals surface area contributed by atoms with Crippen LogP contribution in [0.25, 0.3) is 0 Å². The summed E-state index contributed by atoms with van der Waals surface area (Å²) in [5, 5.41) is 4.05. The van der Waals surface area contributed by atoms with Crippen LogP contribution in [0.4, 0.5) is 4.39 Å². The van der Waals surface area contributed by atoms with Crippen LogP contribution in [0.1, 0.15) is 17.7 Å². The number of benzene rings is 1. The summed E-state index contributed by atoms with van der Waals surface area (Å²) in [7, 11) is 1.86. The van der Waals surface area contributed by atoms with E-state index in [0.29, 0.717) is 19.3 Å². The van der Waals surface area contributed by atoms with Crippen molar-refractivity contribution < 1.29 is 9.18 Å². The van der Waals surface area contributed by atoms with Crippen LogP contribution in [0.15, 0.2) is 36.5 Å². The van der Waals surface area contributed by atoms with Gasteiger partial charge in [-0.2, -0.15) is 5.10 Å². The number of halogens is 1. The molecule has 0 fully saturated rings. The molecule has 1 aromatic carbocycles. The van der Waals surface area contributed by atoms with Crippen molar-refractivity contribution >= 4 is 5.78 Å². The van der Waals surface area contributed by atoms with Gasteiger partial charge in [-0.25, -0.2) is 4.39 Å². The maximum Gasteiger partial charge on any atom is 0.137 e. The van der Waals surface area contributed by atoms with Crippen LogP contribution in [0.5, 0.6) is 0 Å². The van der Waals surface area contributed by atoms with Crippen molar-refractivity contribution in [3.8, 4) is 0 Å². The van der Waals surface area contributed by atoms with Crippen LogP contribution < -0.4 is 0 Å².